The molecule has 0 saturated carbocycles. The van der Waals surface area contributed by atoms with E-state index in [9.17, 15) is 13.6 Å². The predicted molar refractivity (Wildman–Crippen MR) is 75.5 cm³/mol. The van der Waals surface area contributed by atoms with Gasteiger partial charge >= 0.3 is 0 Å². The summed E-state index contributed by atoms with van der Waals surface area (Å²) >= 11 is 3.24. The molecule has 0 spiro atoms. The van der Waals surface area contributed by atoms with Crippen molar-refractivity contribution < 1.29 is 13.6 Å². The van der Waals surface area contributed by atoms with Gasteiger partial charge in [0.2, 0.25) is 0 Å². The zero-order valence-electron chi connectivity index (χ0n) is 10.1. The van der Waals surface area contributed by atoms with E-state index < -0.39 is 17.7 Å². The van der Waals surface area contributed by atoms with Gasteiger partial charge in [-0.15, -0.1) is 0 Å². The van der Waals surface area contributed by atoms with Gasteiger partial charge in [0.1, 0.15) is 17.7 Å². The second-order valence-electron chi connectivity index (χ2n) is 4.42. The molecule has 2 N–H and O–H groups in total. The van der Waals surface area contributed by atoms with Crippen molar-refractivity contribution in [3.63, 3.8) is 0 Å². The van der Waals surface area contributed by atoms with E-state index in [-0.39, 0.29) is 11.6 Å². The van der Waals surface area contributed by atoms with Crippen LogP contribution in [-0.2, 0) is 4.79 Å². The van der Waals surface area contributed by atoms with Gasteiger partial charge < -0.3 is 10.6 Å². The maximum atomic E-state index is 13.7. The van der Waals surface area contributed by atoms with Crippen LogP contribution in [0.1, 0.15) is 11.6 Å². The zero-order chi connectivity index (χ0) is 14.3. The average Bonchev–Trinajstić information content (AvgIpc) is 2.70. The number of halogens is 3. The van der Waals surface area contributed by atoms with Crippen LogP contribution in [-0.4, -0.2) is 5.91 Å². The van der Waals surface area contributed by atoms with Gasteiger partial charge in [0.25, 0.3) is 5.91 Å². The van der Waals surface area contributed by atoms with E-state index in [0.717, 1.165) is 0 Å². The standard InChI is InChI=1S/C14H9BrF2N2O/c15-7-1-3-10(17)12(5-7)18-13-9-6-8(16)2-4-11(9)19-14(13)20/h1-6,13,18H,(H,19,20). The van der Waals surface area contributed by atoms with Gasteiger partial charge in [-0.1, -0.05) is 15.9 Å². The molecule has 0 bridgehead atoms. The lowest BCUT2D eigenvalue weighted by molar-refractivity contribution is -0.116. The van der Waals surface area contributed by atoms with E-state index in [1.807, 2.05) is 0 Å². The summed E-state index contributed by atoms with van der Waals surface area (Å²) in [6.07, 6.45) is 0. The van der Waals surface area contributed by atoms with Crippen LogP contribution in [0.5, 0.6) is 0 Å². The number of benzene rings is 2. The molecule has 102 valence electrons. The number of amides is 1. The van der Waals surface area contributed by atoms with E-state index in [0.29, 0.717) is 15.7 Å². The lowest BCUT2D eigenvalue weighted by atomic mass is 10.1. The Hall–Kier alpha value is -1.95. The molecule has 0 aliphatic carbocycles. The fourth-order valence-electron chi connectivity index (χ4n) is 2.14. The van der Waals surface area contributed by atoms with E-state index >= 15 is 0 Å². The van der Waals surface area contributed by atoms with Crippen molar-refractivity contribution in [3.8, 4) is 0 Å². The first-order valence-electron chi connectivity index (χ1n) is 5.86. The summed E-state index contributed by atoms with van der Waals surface area (Å²) < 4.78 is 27.7. The molecule has 0 radical (unpaired) electrons. The number of nitrogens with one attached hydrogen (secondary N) is 2. The molecule has 2 aromatic carbocycles. The summed E-state index contributed by atoms with van der Waals surface area (Å²) in [6, 6.07) is 7.57. The minimum absolute atomic E-state index is 0.177. The number of hydrogen-bond donors (Lipinski definition) is 2. The largest absolute Gasteiger partial charge is 0.368 e. The number of carbonyl (C=O) groups excluding carboxylic acids is 1. The quantitative estimate of drug-likeness (QED) is 0.873. The average molecular weight is 339 g/mol. The Bertz CT molecular complexity index is 706. The van der Waals surface area contributed by atoms with Crippen molar-refractivity contribution in [2.45, 2.75) is 6.04 Å². The van der Waals surface area contributed by atoms with Crippen LogP contribution in [0.3, 0.4) is 0 Å². The van der Waals surface area contributed by atoms with E-state index in [2.05, 4.69) is 26.6 Å². The molecule has 1 amide bonds. The van der Waals surface area contributed by atoms with Crippen molar-refractivity contribution in [1.82, 2.24) is 0 Å². The van der Waals surface area contributed by atoms with Crippen LogP contribution >= 0.6 is 15.9 Å². The maximum Gasteiger partial charge on any atom is 0.251 e. The molecule has 1 aliphatic heterocycles. The minimum atomic E-state index is -0.815. The first-order valence-corrected chi connectivity index (χ1v) is 6.66. The van der Waals surface area contributed by atoms with Gasteiger partial charge in [-0.3, -0.25) is 4.79 Å². The van der Waals surface area contributed by atoms with Gasteiger partial charge in [-0.25, -0.2) is 8.78 Å². The van der Waals surface area contributed by atoms with E-state index in [4.69, 9.17) is 0 Å². The molecule has 20 heavy (non-hydrogen) atoms. The van der Waals surface area contributed by atoms with Crippen LogP contribution in [0, 0.1) is 11.6 Å². The summed E-state index contributed by atoms with van der Waals surface area (Å²) in [6.45, 7) is 0. The molecule has 2 aromatic rings. The number of fused-ring (bicyclic) bond motifs is 1. The van der Waals surface area contributed by atoms with E-state index in [1.165, 1.54) is 30.3 Å². The first kappa shape index (κ1) is 13.1. The molecule has 3 rings (SSSR count). The van der Waals surface area contributed by atoms with Crippen LogP contribution in [0.15, 0.2) is 40.9 Å². The number of carbonyl (C=O) groups is 1. The Morgan fingerprint density at radius 2 is 1.95 bits per heavy atom. The van der Waals surface area contributed by atoms with Crippen LogP contribution in [0.2, 0.25) is 0 Å². The van der Waals surface area contributed by atoms with Gasteiger partial charge in [0, 0.05) is 15.7 Å². The van der Waals surface area contributed by atoms with E-state index in [1.54, 1.807) is 6.07 Å². The van der Waals surface area contributed by atoms with Crippen molar-refractivity contribution in [2.24, 2.45) is 0 Å². The highest BCUT2D eigenvalue weighted by Crippen LogP contribution is 2.34. The fourth-order valence-corrected chi connectivity index (χ4v) is 2.50. The van der Waals surface area contributed by atoms with Crippen molar-refractivity contribution in [1.29, 1.82) is 0 Å². The zero-order valence-corrected chi connectivity index (χ0v) is 11.7. The Morgan fingerprint density at radius 3 is 2.75 bits per heavy atom. The fraction of sp³-hybridized carbons (Fsp3) is 0.0714. The Morgan fingerprint density at radius 1 is 1.15 bits per heavy atom. The van der Waals surface area contributed by atoms with Crippen molar-refractivity contribution >= 4 is 33.2 Å². The molecule has 0 saturated heterocycles. The molecular weight excluding hydrogens is 330 g/mol. The minimum Gasteiger partial charge on any atom is -0.368 e. The third kappa shape index (κ3) is 2.27. The monoisotopic (exact) mass is 338 g/mol. The normalized spacial score (nSPS) is 16.8. The third-order valence-corrected chi connectivity index (χ3v) is 3.57. The van der Waals surface area contributed by atoms with Crippen LogP contribution < -0.4 is 10.6 Å². The summed E-state index contributed by atoms with van der Waals surface area (Å²) in [5.74, 6) is -1.27. The second-order valence-corrected chi connectivity index (χ2v) is 5.34. The topological polar surface area (TPSA) is 41.1 Å². The molecule has 0 fully saturated rings. The van der Waals surface area contributed by atoms with Gasteiger partial charge in [-0.2, -0.15) is 0 Å². The lowest BCUT2D eigenvalue weighted by Crippen LogP contribution is -2.20. The molecule has 1 unspecified atom stereocenters. The molecule has 6 heteroatoms. The summed E-state index contributed by atoms with van der Waals surface area (Å²) in [5, 5.41) is 5.43. The Balaban J connectivity index is 1.97. The maximum absolute atomic E-state index is 13.7. The first-order chi connectivity index (χ1) is 9.54. The highest BCUT2D eigenvalue weighted by atomic mass is 79.9. The molecule has 0 aromatic heterocycles. The van der Waals surface area contributed by atoms with Crippen molar-refractivity contribution in [2.75, 3.05) is 10.6 Å². The Kier molecular flexibility index (Phi) is 3.17. The third-order valence-electron chi connectivity index (χ3n) is 3.07. The number of rotatable bonds is 2. The van der Waals surface area contributed by atoms with Gasteiger partial charge in [0.05, 0.1) is 5.69 Å². The molecular formula is C14H9BrF2N2O. The lowest BCUT2D eigenvalue weighted by Gasteiger charge is -2.14. The predicted octanol–water partition coefficient (Wildman–Crippen LogP) is 3.83. The van der Waals surface area contributed by atoms with Crippen LogP contribution in [0.4, 0.5) is 20.2 Å². The van der Waals surface area contributed by atoms with Crippen LogP contribution in [0.25, 0.3) is 0 Å². The number of hydrogen-bond acceptors (Lipinski definition) is 2. The summed E-state index contributed by atoms with van der Waals surface area (Å²) in [4.78, 5) is 11.9. The van der Waals surface area contributed by atoms with Gasteiger partial charge in [-0.05, 0) is 36.4 Å². The SMILES string of the molecule is O=C1Nc2ccc(F)cc2C1Nc1cc(Br)ccc1F. The highest BCUT2D eigenvalue weighted by Gasteiger charge is 2.31. The highest BCUT2D eigenvalue weighted by molar-refractivity contribution is 9.10. The van der Waals surface area contributed by atoms with Crippen molar-refractivity contribution in [3.05, 3.63) is 58.1 Å². The van der Waals surface area contributed by atoms with Gasteiger partial charge in [0.15, 0.2) is 0 Å². The molecule has 1 heterocycles. The molecule has 3 nitrogen and oxygen atoms in total. The second kappa shape index (κ2) is 4.86. The summed E-state index contributed by atoms with van der Waals surface area (Å²) in [7, 11) is 0. The molecule has 1 aliphatic rings. The molecule has 1 atom stereocenters. The summed E-state index contributed by atoms with van der Waals surface area (Å²) in [5.41, 5.74) is 1.18. The number of anilines is 2. The Labute approximate surface area is 122 Å². The smallest absolute Gasteiger partial charge is 0.251 e.